The fourth-order valence-corrected chi connectivity index (χ4v) is 2.81. The summed E-state index contributed by atoms with van der Waals surface area (Å²) in [6.07, 6.45) is 1.90. The molecule has 1 amide bonds. The van der Waals surface area contributed by atoms with E-state index in [1.807, 2.05) is 60.3 Å². The number of fused-ring (bicyclic) bond motifs is 1. The molecule has 2 aromatic carbocycles. The maximum absolute atomic E-state index is 12.0. The second kappa shape index (κ2) is 7.49. The van der Waals surface area contributed by atoms with E-state index in [4.69, 9.17) is 4.74 Å². The highest BCUT2D eigenvalue weighted by Gasteiger charge is 2.08. The van der Waals surface area contributed by atoms with Crippen LogP contribution in [0.1, 0.15) is 12.6 Å². The highest BCUT2D eigenvalue weighted by Crippen LogP contribution is 2.20. The predicted octanol–water partition coefficient (Wildman–Crippen LogP) is 3.51. The van der Waals surface area contributed by atoms with Gasteiger partial charge in [0.05, 0.1) is 16.7 Å². The third-order valence-electron chi connectivity index (χ3n) is 3.66. The van der Waals surface area contributed by atoms with Gasteiger partial charge >= 0.3 is 0 Å². The molecular formula is C18H18BrN3O2. The minimum atomic E-state index is -0.180. The summed E-state index contributed by atoms with van der Waals surface area (Å²) in [4.78, 5) is 12.0. The van der Waals surface area contributed by atoms with Gasteiger partial charge in [0.15, 0.2) is 6.61 Å². The topological polar surface area (TPSA) is 56.2 Å². The van der Waals surface area contributed by atoms with Crippen molar-refractivity contribution in [1.82, 2.24) is 15.1 Å². The number of rotatable bonds is 6. The van der Waals surface area contributed by atoms with E-state index < -0.39 is 0 Å². The molecule has 24 heavy (non-hydrogen) atoms. The number of ether oxygens (including phenoxy) is 1. The summed E-state index contributed by atoms with van der Waals surface area (Å²) in [5.41, 5.74) is 0.802. The van der Waals surface area contributed by atoms with Crippen molar-refractivity contribution in [2.75, 3.05) is 6.61 Å². The summed E-state index contributed by atoms with van der Waals surface area (Å²) in [5, 5.41) is 9.41. The number of carbonyl (C=O) groups excluding carboxylic acids is 1. The van der Waals surface area contributed by atoms with Crippen LogP contribution in [-0.4, -0.2) is 22.3 Å². The number of nitrogens with zero attached hydrogens (tertiary/aromatic N) is 2. The van der Waals surface area contributed by atoms with Crippen LogP contribution in [0.25, 0.3) is 10.8 Å². The third kappa shape index (κ3) is 3.94. The normalized spacial score (nSPS) is 10.8. The molecule has 124 valence electrons. The number of amides is 1. The van der Waals surface area contributed by atoms with E-state index in [1.165, 1.54) is 0 Å². The molecule has 0 bridgehead atoms. The van der Waals surface area contributed by atoms with Crippen molar-refractivity contribution in [3.63, 3.8) is 0 Å². The summed E-state index contributed by atoms with van der Waals surface area (Å²) in [6.45, 7) is 3.15. The molecule has 1 heterocycles. The number of nitrogens with one attached hydrogen (secondary N) is 1. The van der Waals surface area contributed by atoms with Crippen LogP contribution in [0.4, 0.5) is 0 Å². The lowest BCUT2D eigenvalue weighted by Gasteiger charge is -2.08. The van der Waals surface area contributed by atoms with Crippen LogP contribution >= 0.6 is 15.9 Å². The molecule has 0 spiro atoms. The van der Waals surface area contributed by atoms with Crippen LogP contribution in [-0.2, 0) is 17.9 Å². The fourth-order valence-electron chi connectivity index (χ4n) is 2.36. The highest BCUT2D eigenvalue weighted by molar-refractivity contribution is 9.10. The van der Waals surface area contributed by atoms with Gasteiger partial charge in [-0.2, -0.15) is 5.10 Å². The average Bonchev–Trinajstić information content (AvgIpc) is 2.98. The van der Waals surface area contributed by atoms with Crippen molar-refractivity contribution in [2.24, 2.45) is 0 Å². The van der Waals surface area contributed by atoms with Gasteiger partial charge < -0.3 is 10.1 Å². The highest BCUT2D eigenvalue weighted by atomic mass is 79.9. The SMILES string of the molecule is CCn1cc(Br)c(CNC(=O)COc2ccc3ccccc3c2)n1. The minimum Gasteiger partial charge on any atom is -0.484 e. The van der Waals surface area contributed by atoms with E-state index in [0.717, 1.165) is 27.5 Å². The van der Waals surface area contributed by atoms with Crippen molar-refractivity contribution in [2.45, 2.75) is 20.0 Å². The van der Waals surface area contributed by atoms with E-state index in [0.29, 0.717) is 12.3 Å². The maximum atomic E-state index is 12.0. The van der Waals surface area contributed by atoms with Crippen LogP contribution in [0.5, 0.6) is 5.75 Å². The standard InChI is InChI=1S/C18H18BrN3O2/c1-2-22-11-16(19)17(21-22)10-20-18(23)12-24-15-8-7-13-5-3-4-6-14(13)9-15/h3-9,11H,2,10,12H2,1H3,(H,20,23). The van der Waals surface area contributed by atoms with E-state index >= 15 is 0 Å². The number of hydrogen-bond donors (Lipinski definition) is 1. The predicted molar refractivity (Wildman–Crippen MR) is 96.9 cm³/mol. The zero-order valence-electron chi connectivity index (χ0n) is 13.3. The van der Waals surface area contributed by atoms with Gasteiger partial charge in [-0.1, -0.05) is 30.3 Å². The van der Waals surface area contributed by atoms with E-state index in [1.54, 1.807) is 0 Å². The van der Waals surface area contributed by atoms with Gasteiger partial charge in [0.25, 0.3) is 5.91 Å². The third-order valence-corrected chi connectivity index (χ3v) is 4.32. The van der Waals surface area contributed by atoms with Crippen molar-refractivity contribution in [3.05, 3.63) is 58.8 Å². The number of benzene rings is 2. The Morgan fingerprint density at radius 3 is 2.79 bits per heavy atom. The molecule has 1 aromatic heterocycles. The maximum Gasteiger partial charge on any atom is 0.258 e. The molecule has 0 fully saturated rings. The van der Waals surface area contributed by atoms with E-state index in [2.05, 4.69) is 26.3 Å². The first-order chi connectivity index (χ1) is 11.7. The Balaban J connectivity index is 1.53. The Morgan fingerprint density at radius 2 is 2.04 bits per heavy atom. The zero-order chi connectivity index (χ0) is 16.9. The molecule has 0 atom stereocenters. The molecule has 3 aromatic rings. The van der Waals surface area contributed by atoms with Gasteiger partial charge in [0.2, 0.25) is 0 Å². The Morgan fingerprint density at radius 1 is 1.25 bits per heavy atom. The molecule has 0 aliphatic heterocycles. The first-order valence-corrected chi connectivity index (χ1v) is 8.55. The number of aryl methyl sites for hydroxylation is 1. The van der Waals surface area contributed by atoms with Gasteiger partial charge in [0, 0.05) is 12.7 Å². The molecule has 0 radical (unpaired) electrons. The average molecular weight is 388 g/mol. The number of halogens is 1. The molecule has 5 nitrogen and oxygen atoms in total. The lowest BCUT2D eigenvalue weighted by molar-refractivity contribution is -0.123. The Kier molecular flexibility index (Phi) is 5.15. The van der Waals surface area contributed by atoms with Gasteiger partial charge in [-0.15, -0.1) is 0 Å². The summed E-state index contributed by atoms with van der Waals surface area (Å²) < 4.78 is 8.28. The van der Waals surface area contributed by atoms with Gasteiger partial charge in [-0.25, -0.2) is 0 Å². The Hall–Kier alpha value is -2.34. The Labute approximate surface area is 148 Å². The summed E-state index contributed by atoms with van der Waals surface area (Å²) in [7, 11) is 0. The van der Waals surface area contributed by atoms with Crippen molar-refractivity contribution in [1.29, 1.82) is 0 Å². The fraction of sp³-hybridized carbons (Fsp3) is 0.222. The van der Waals surface area contributed by atoms with Gasteiger partial charge in [0.1, 0.15) is 5.75 Å². The lowest BCUT2D eigenvalue weighted by atomic mass is 10.1. The summed E-state index contributed by atoms with van der Waals surface area (Å²) >= 11 is 3.44. The minimum absolute atomic E-state index is 0.0234. The summed E-state index contributed by atoms with van der Waals surface area (Å²) in [5.74, 6) is 0.501. The van der Waals surface area contributed by atoms with Gasteiger partial charge in [-0.3, -0.25) is 9.48 Å². The van der Waals surface area contributed by atoms with Gasteiger partial charge in [-0.05, 0) is 45.8 Å². The largest absolute Gasteiger partial charge is 0.484 e. The van der Waals surface area contributed by atoms with E-state index in [-0.39, 0.29) is 12.5 Å². The first kappa shape index (κ1) is 16.5. The zero-order valence-corrected chi connectivity index (χ0v) is 14.9. The Bertz CT molecular complexity index is 860. The summed E-state index contributed by atoms with van der Waals surface area (Å²) in [6, 6.07) is 13.8. The molecule has 1 N–H and O–H groups in total. The number of hydrogen-bond acceptors (Lipinski definition) is 3. The molecule has 0 aliphatic rings. The molecule has 0 aliphatic carbocycles. The molecule has 0 saturated heterocycles. The molecule has 3 rings (SSSR count). The molecular weight excluding hydrogens is 370 g/mol. The van der Waals surface area contributed by atoms with E-state index in [9.17, 15) is 4.79 Å². The quantitative estimate of drug-likeness (QED) is 0.703. The monoisotopic (exact) mass is 387 g/mol. The van der Waals surface area contributed by atoms with Crippen molar-refractivity contribution < 1.29 is 9.53 Å². The smallest absolute Gasteiger partial charge is 0.258 e. The number of aromatic nitrogens is 2. The van der Waals surface area contributed by atoms with Crippen LogP contribution < -0.4 is 10.1 Å². The first-order valence-electron chi connectivity index (χ1n) is 7.76. The van der Waals surface area contributed by atoms with Crippen LogP contribution in [0.3, 0.4) is 0 Å². The second-order valence-corrected chi connectivity index (χ2v) is 6.21. The van der Waals surface area contributed by atoms with Crippen molar-refractivity contribution >= 4 is 32.6 Å². The van der Waals surface area contributed by atoms with Crippen LogP contribution in [0.15, 0.2) is 53.1 Å². The number of carbonyl (C=O) groups is 1. The molecule has 0 saturated carbocycles. The van der Waals surface area contributed by atoms with Crippen LogP contribution in [0.2, 0.25) is 0 Å². The molecule has 0 unspecified atom stereocenters. The molecule has 6 heteroatoms. The van der Waals surface area contributed by atoms with Crippen molar-refractivity contribution in [3.8, 4) is 5.75 Å². The lowest BCUT2D eigenvalue weighted by Crippen LogP contribution is -2.28. The second-order valence-electron chi connectivity index (χ2n) is 5.35. The van der Waals surface area contributed by atoms with Crippen LogP contribution in [0, 0.1) is 0 Å².